The first-order valence-electron chi connectivity index (χ1n) is 6.06. The molecule has 1 atom stereocenters. The fourth-order valence-electron chi connectivity index (χ4n) is 1.73. The predicted octanol–water partition coefficient (Wildman–Crippen LogP) is 3.12. The molecular formula is C13H11N2O6P. The van der Waals surface area contributed by atoms with Crippen LogP contribution in [-0.4, -0.2) is 16.5 Å². The molecular weight excluding hydrogens is 311 g/mol. The van der Waals surface area contributed by atoms with E-state index >= 15 is 0 Å². The van der Waals surface area contributed by atoms with E-state index < -0.39 is 17.2 Å². The van der Waals surface area contributed by atoms with E-state index in [9.17, 15) is 24.8 Å². The van der Waals surface area contributed by atoms with E-state index in [-0.39, 0.29) is 17.1 Å². The summed E-state index contributed by atoms with van der Waals surface area (Å²) in [6.45, 7) is 1.37. The van der Waals surface area contributed by atoms with E-state index in [1.54, 1.807) is 0 Å². The second kappa shape index (κ2) is 5.95. The normalized spacial score (nSPS) is 13.1. The van der Waals surface area contributed by atoms with Gasteiger partial charge in [-0.3, -0.25) is 24.8 Å². The van der Waals surface area contributed by atoms with Crippen molar-refractivity contribution in [2.24, 2.45) is 0 Å². The zero-order valence-electron chi connectivity index (χ0n) is 11.4. The molecule has 0 heterocycles. The van der Waals surface area contributed by atoms with Crippen molar-refractivity contribution in [3.05, 3.63) is 68.8 Å². The van der Waals surface area contributed by atoms with Crippen LogP contribution < -0.4 is 9.83 Å². The Morgan fingerprint density at radius 2 is 1.27 bits per heavy atom. The fraction of sp³-hybridized carbons (Fsp3) is 0.0769. The van der Waals surface area contributed by atoms with Gasteiger partial charge in [0, 0.05) is 36.2 Å². The van der Waals surface area contributed by atoms with Crippen LogP contribution in [0.1, 0.15) is 0 Å². The van der Waals surface area contributed by atoms with E-state index in [1.165, 1.54) is 55.2 Å². The summed E-state index contributed by atoms with van der Waals surface area (Å²) in [5.74, 6) is 0.217. The molecule has 8 nitrogen and oxygen atoms in total. The minimum Gasteiger partial charge on any atom is -0.440 e. The Hall–Kier alpha value is -2.73. The summed E-state index contributed by atoms with van der Waals surface area (Å²) in [6.07, 6.45) is 0. The lowest BCUT2D eigenvalue weighted by molar-refractivity contribution is -0.385. The molecule has 22 heavy (non-hydrogen) atoms. The first kappa shape index (κ1) is 15.7. The van der Waals surface area contributed by atoms with Crippen molar-refractivity contribution in [1.29, 1.82) is 0 Å². The summed E-state index contributed by atoms with van der Waals surface area (Å²) in [7, 11) is -3.25. The SMILES string of the molecule is CP(=O)(Oc1ccc([N+](=O)[O-])cc1)c1ccc([N+](=O)[O-])cc1. The van der Waals surface area contributed by atoms with Crippen LogP contribution >= 0.6 is 7.37 Å². The lowest BCUT2D eigenvalue weighted by Gasteiger charge is -2.15. The van der Waals surface area contributed by atoms with Crippen molar-refractivity contribution in [2.45, 2.75) is 0 Å². The lowest BCUT2D eigenvalue weighted by atomic mass is 10.3. The van der Waals surface area contributed by atoms with Gasteiger partial charge in [-0.2, -0.15) is 0 Å². The third-order valence-electron chi connectivity index (χ3n) is 2.86. The average Bonchev–Trinajstić information content (AvgIpc) is 2.47. The van der Waals surface area contributed by atoms with Crippen LogP contribution in [0.25, 0.3) is 0 Å². The van der Waals surface area contributed by atoms with Gasteiger partial charge in [0.15, 0.2) is 0 Å². The number of rotatable bonds is 5. The number of hydrogen-bond acceptors (Lipinski definition) is 6. The Morgan fingerprint density at radius 3 is 1.68 bits per heavy atom. The highest BCUT2D eigenvalue weighted by molar-refractivity contribution is 7.66. The second-order valence-electron chi connectivity index (χ2n) is 4.46. The molecule has 1 unspecified atom stereocenters. The van der Waals surface area contributed by atoms with Gasteiger partial charge in [-0.15, -0.1) is 0 Å². The Morgan fingerprint density at radius 1 is 0.864 bits per heavy atom. The van der Waals surface area contributed by atoms with Crippen LogP contribution in [-0.2, 0) is 4.57 Å². The van der Waals surface area contributed by atoms with E-state index in [0.717, 1.165) is 0 Å². The zero-order valence-corrected chi connectivity index (χ0v) is 12.3. The molecule has 2 aromatic rings. The molecule has 0 radical (unpaired) electrons. The number of nitrogens with zero attached hydrogens (tertiary/aromatic N) is 2. The minimum absolute atomic E-state index is 0.103. The van der Waals surface area contributed by atoms with Crippen molar-refractivity contribution in [3.63, 3.8) is 0 Å². The van der Waals surface area contributed by atoms with E-state index in [1.807, 2.05) is 0 Å². The first-order valence-corrected chi connectivity index (χ1v) is 8.13. The van der Waals surface area contributed by atoms with Crippen LogP contribution in [0, 0.1) is 20.2 Å². The van der Waals surface area contributed by atoms with Gasteiger partial charge in [-0.25, -0.2) is 0 Å². The summed E-state index contributed by atoms with van der Waals surface area (Å²) in [5, 5.41) is 21.5. The number of nitro benzene ring substituents is 2. The maximum absolute atomic E-state index is 12.6. The molecule has 0 N–H and O–H groups in total. The van der Waals surface area contributed by atoms with E-state index in [0.29, 0.717) is 5.30 Å². The van der Waals surface area contributed by atoms with Crippen molar-refractivity contribution in [3.8, 4) is 5.75 Å². The van der Waals surface area contributed by atoms with Gasteiger partial charge >= 0.3 is 0 Å². The highest BCUT2D eigenvalue weighted by Crippen LogP contribution is 2.42. The van der Waals surface area contributed by atoms with Gasteiger partial charge in [0.05, 0.1) is 9.85 Å². The number of non-ortho nitro benzene ring substituents is 2. The summed E-state index contributed by atoms with van der Waals surface area (Å²) in [5.41, 5.74) is -0.215. The first-order chi connectivity index (χ1) is 10.3. The molecule has 0 aromatic heterocycles. The zero-order chi connectivity index (χ0) is 16.3. The third kappa shape index (κ3) is 3.48. The van der Waals surface area contributed by atoms with Crippen molar-refractivity contribution >= 4 is 24.0 Å². The standard InChI is InChI=1S/C13H11N2O6P/c1-22(20,13-8-4-11(5-9-13)15(18)19)21-12-6-2-10(3-7-12)14(16)17/h2-9H,1H3. The van der Waals surface area contributed by atoms with Crippen LogP contribution in [0.5, 0.6) is 5.75 Å². The van der Waals surface area contributed by atoms with Gasteiger partial charge in [0.25, 0.3) is 18.7 Å². The molecule has 2 aromatic carbocycles. The van der Waals surface area contributed by atoms with Gasteiger partial charge in [0.1, 0.15) is 5.75 Å². The monoisotopic (exact) mass is 322 g/mol. The second-order valence-corrected chi connectivity index (χ2v) is 6.85. The highest BCUT2D eigenvalue weighted by Gasteiger charge is 2.22. The van der Waals surface area contributed by atoms with E-state index in [2.05, 4.69) is 0 Å². The summed E-state index contributed by atoms with van der Waals surface area (Å²) in [6, 6.07) is 10.4. The van der Waals surface area contributed by atoms with Crippen LogP contribution in [0.4, 0.5) is 11.4 Å². The summed E-state index contributed by atoms with van der Waals surface area (Å²) < 4.78 is 17.9. The maximum Gasteiger partial charge on any atom is 0.274 e. The molecule has 0 saturated carbocycles. The number of hydrogen-bond donors (Lipinski definition) is 0. The molecule has 0 fully saturated rings. The maximum atomic E-state index is 12.6. The third-order valence-corrected chi connectivity index (χ3v) is 4.65. The average molecular weight is 322 g/mol. The molecule has 0 amide bonds. The molecule has 0 aliphatic carbocycles. The summed E-state index contributed by atoms with van der Waals surface area (Å²) >= 11 is 0. The molecule has 9 heteroatoms. The van der Waals surface area contributed by atoms with Gasteiger partial charge in [0.2, 0.25) is 0 Å². The molecule has 114 valence electrons. The molecule has 0 aliphatic heterocycles. The Kier molecular flexibility index (Phi) is 4.23. The van der Waals surface area contributed by atoms with Crippen LogP contribution in [0.2, 0.25) is 0 Å². The van der Waals surface area contributed by atoms with E-state index in [4.69, 9.17) is 4.52 Å². The van der Waals surface area contributed by atoms with Gasteiger partial charge in [-0.1, -0.05) is 0 Å². The lowest BCUT2D eigenvalue weighted by Crippen LogP contribution is -2.08. The van der Waals surface area contributed by atoms with Crippen molar-refractivity contribution in [1.82, 2.24) is 0 Å². The van der Waals surface area contributed by atoms with Crippen LogP contribution in [0.3, 0.4) is 0 Å². The fourth-order valence-corrected chi connectivity index (χ4v) is 3.05. The predicted molar refractivity (Wildman–Crippen MR) is 80.0 cm³/mol. The number of benzene rings is 2. The number of nitro groups is 2. The molecule has 0 bridgehead atoms. The smallest absolute Gasteiger partial charge is 0.274 e. The molecule has 0 saturated heterocycles. The highest BCUT2D eigenvalue weighted by atomic mass is 31.2. The molecule has 0 aliphatic rings. The largest absolute Gasteiger partial charge is 0.440 e. The molecule has 0 spiro atoms. The van der Waals surface area contributed by atoms with Crippen molar-refractivity contribution < 1.29 is 18.9 Å². The van der Waals surface area contributed by atoms with Crippen LogP contribution in [0.15, 0.2) is 48.5 Å². The quantitative estimate of drug-likeness (QED) is 0.475. The Balaban J connectivity index is 2.21. The Labute approximate surface area is 125 Å². The van der Waals surface area contributed by atoms with Crippen molar-refractivity contribution in [2.75, 3.05) is 6.66 Å². The summed E-state index contributed by atoms with van der Waals surface area (Å²) in [4.78, 5) is 20.0. The van der Waals surface area contributed by atoms with Gasteiger partial charge < -0.3 is 4.52 Å². The van der Waals surface area contributed by atoms with Gasteiger partial charge in [-0.05, 0) is 24.3 Å². The minimum atomic E-state index is -3.25. The topological polar surface area (TPSA) is 113 Å². The molecule has 2 rings (SSSR count). The Bertz CT molecular complexity index is 757.